The standard InChI is InChI=1S/C19H18F3N3O4S/c1-3-24(4-2)17-14(21)15(13(20)16(22)23-17)30(28,29)10-9-25-18(26)11-7-5-6-8-12(11)19(25)27/h5-8H,3-4,9-10H2,1-2H3. The summed E-state index contributed by atoms with van der Waals surface area (Å²) in [7, 11) is -4.74. The molecule has 0 saturated carbocycles. The third-order valence-electron chi connectivity index (χ3n) is 4.82. The van der Waals surface area contributed by atoms with Crippen LogP contribution in [0.5, 0.6) is 0 Å². The van der Waals surface area contributed by atoms with E-state index in [1.165, 1.54) is 17.0 Å². The molecule has 1 aliphatic heterocycles. The van der Waals surface area contributed by atoms with Gasteiger partial charge in [0.2, 0.25) is 0 Å². The highest BCUT2D eigenvalue weighted by molar-refractivity contribution is 7.91. The molecular weight excluding hydrogens is 423 g/mol. The molecule has 160 valence electrons. The number of hydrogen-bond acceptors (Lipinski definition) is 6. The Bertz CT molecular complexity index is 1100. The molecule has 3 rings (SSSR count). The lowest BCUT2D eigenvalue weighted by Crippen LogP contribution is -2.35. The Hall–Kier alpha value is -2.95. The van der Waals surface area contributed by atoms with Gasteiger partial charge in [-0.3, -0.25) is 14.5 Å². The number of hydrogen-bond donors (Lipinski definition) is 0. The fraction of sp³-hybridized carbons (Fsp3) is 0.316. The lowest BCUT2D eigenvalue weighted by Gasteiger charge is -2.22. The molecule has 0 aliphatic carbocycles. The molecule has 0 bridgehead atoms. The molecule has 30 heavy (non-hydrogen) atoms. The summed E-state index contributed by atoms with van der Waals surface area (Å²) in [5, 5.41) is 0. The summed E-state index contributed by atoms with van der Waals surface area (Å²) in [6.07, 6.45) is 0. The van der Waals surface area contributed by atoms with Crippen LogP contribution in [0.1, 0.15) is 34.6 Å². The monoisotopic (exact) mass is 441 g/mol. The second-order valence-corrected chi connectivity index (χ2v) is 8.53. The van der Waals surface area contributed by atoms with E-state index in [4.69, 9.17) is 0 Å². The Balaban J connectivity index is 1.94. The van der Waals surface area contributed by atoms with Crippen molar-refractivity contribution in [1.29, 1.82) is 0 Å². The van der Waals surface area contributed by atoms with Gasteiger partial charge in [0, 0.05) is 19.6 Å². The zero-order chi connectivity index (χ0) is 22.2. The number of carbonyl (C=O) groups is 2. The van der Waals surface area contributed by atoms with Crippen LogP contribution < -0.4 is 4.90 Å². The highest BCUT2D eigenvalue weighted by Gasteiger charge is 2.37. The number of sulfone groups is 1. The van der Waals surface area contributed by atoms with Gasteiger partial charge in [-0.25, -0.2) is 17.2 Å². The quantitative estimate of drug-likeness (QED) is 0.485. The fourth-order valence-electron chi connectivity index (χ4n) is 3.24. The zero-order valence-electron chi connectivity index (χ0n) is 16.2. The first-order valence-electron chi connectivity index (χ1n) is 9.11. The summed E-state index contributed by atoms with van der Waals surface area (Å²) in [5.41, 5.74) is 0.215. The molecule has 2 heterocycles. The topological polar surface area (TPSA) is 87.7 Å². The Labute approximate surface area is 171 Å². The molecule has 0 unspecified atom stereocenters. The third kappa shape index (κ3) is 3.53. The van der Waals surface area contributed by atoms with E-state index in [1.807, 2.05) is 0 Å². The van der Waals surface area contributed by atoms with Crippen LogP contribution in [-0.2, 0) is 9.84 Å². The van der Waals surface area contributed by atoms with Crippen molar-refractivity contribution in [2.24, 2.45) is 0 Å². The molecule has 0 atom stereocenters. The number of fused-ring (bicyclic) bond motifs is 1. The SMILES string of the molecule is CCN(CC)c1nc(F)c(F)c(S(=O)(=O)CCN2C(=O)c3ccccc3C2=O)c1F. The van der Waals surface area contributed by atoms with Crippen LogP contribution in [0.2, 0.25) is 0 Å². The number of carbonyl (C=O) groups excluding carboxylic acids is 2. The van der Waals surface area contributed by atoms with Gasteiger partial charge < -0.3 is 4.90 Å². The summed E-state index contributed by atoms with van der Waals surface area (Å²) in [6, 6.07) is 5.92. The number of halogens is 3. The van der Waals surface area contributed by atoms with Gasteiger partial charge in [-0.2, -0.15) is 9.37 Å². The van der Waals surface area contributed by atoms with E-state index in [1.54, 1.807) is 26.0 Å². The largest absolute Gasteiger partial charge is 0.355 e. The second kappa shape index (κ2) is 8.05. The van der Waals surface area contributed by atoms with E-state index in [0.717, 1.165) is 0 Å². The Kier molecular flexibility index (Phi) is 5.84. The molecule has 0 saturated heterocycles. The molecule has 1 aliphatic rings. The summed E-state index contributed by atoms with van der Waals surface area (Å²) in [5.74, 6) is -8.23. The molecule has 1 aromatic carbocycles. The van der Waals surface area contributed by atoms with Crippen LogP contribution in [0, 0.1) is 17.6 Å². The van der Waals surface area contributed by atoms with Crippen LogP contribution in [0.4, 0.5) is 19.0 Å². The Morgan fingerprint density at radius 2 is 1.50 bits per heavy atom. The first-order valence-corrected chi connectivity index (χ1v) is 10.8. The van der Waals surface area contributed by atoms with Gasteiger partial charge in [-0.05, 0) is 26.0 Å². The number of anilines is 1. The molecule has 7 nitrogen and oxygen atoms in total. The normalized spacial score (nSPS) is 13.7. The zero-order valence-corrected chi connectivity index (χ0v) is 17.0. The van der Waals surface area contributed by atoms with Crippen molar-refractivity contribution in [3.63, 3.8) is 0 Å². The van der Waals surface area contributed by atoms with E-state index < -0.39 is 62.2 Å². The maximum absolute atomic E-state index is 14.9. The number of rotatable bonds is 7. The van der Waals surface area contributed by atoms with Crippen molar-refractivity contribution in [2.75, 3.05) is 30.3 Å². The van der Waals surface area contributed by atoms with Gasteiger partial charge in [0.15, 0.2) is 27.3 Å². The molecule has 1 aromatic heterocycles. The number of amides is 2. The predicted octanol–water partition coefficient (Wildman–Crippen LogP) is 2.42. The fourth-order valence-corrected chi connectivity index (χ4v) is 4.59. The van der Waals surface area contributed by atoms with Crippen molar-refractivity contribution < 1.29 is 31.2 Å². The van der Waals surface area contributed by atoms with Crippen LogP contribution in [-0.4, -0.2) is 55.5 Å². The van der Waals surface area contributed by atoms with E-state index in [2.05, 4.69) is 4.98 Å². The average Bonchev–Trinajstić information content (AvgIpc) is 2.95. The molecule has 0 fully saturated rings. The lowest BCUT2D eigenvalue weighted by molar-refractivity contribution is 0.0664. The highest BCUT2D eigenvalue weighted by atomic mass is 32.2. The van der Waals surface area contributed by atoms with Gasteiger partial charge in [-0.1, -0.05) is 12.1 Å². The first kappa shape index (κ1) is 21.8. The molecule has 2 amide bonds. The van der Waals surface area contributed by atoms with Crippen LogP contribution in [0.25, 0.3) is 0 Å². The van der Waals surface area contributed by atoms with Crippen LogP contribution in [0.3, 0.4) is 0 Å². The second-order valence-electron chi connectivity index (χ2n) is 6.48. The summed E-state index contributed by atoms with van der Waals surface area (Å²) >= 11 is 0. The summed E-state index contributed by atoms with van der Waals surface area (Å²) in [4.78, 5) is 28.4. The minimum absolute atomic E-state index is 0.107. The first-order chi connectivity index (χ1) is 14.1. The minimum atomic E-state index is -4.74. The lowest BCUT2D eigenvalue weighted by atomic mass is 10.1. The number of aromatic nitrogens is 1. The van der Waals surface area contributed by atoms with Crippen LogP contribution in [0.15, 0.2) is 29.2 Å². The predicted molar refractivity (Wildman–Crippen MR) is 102 cm³/mol. The van der Waals surface area contributed by atoms with Crippen molar-refractivity contribution in [1.82, 2.24) is 9.88 Å². The molecule has 0 spiro atoms. The van der Waals surface area contributed by atoms with Gasteiger partial charge in [0.25, 0.3) is 17.8 Å². The Morgan fingerprint density at radius 1 is 0.967 bits per heavy atom. The van der Waals surface area contributed by atoms with Gasteiger partial charge in [0.1, 0.15) is 4.90 Å². The van der Waals surface area contributed by atoms with E-state index in [-0.39, 0.29) is 24.2 Å². The summed E-state index contributed by atoms with van der Waals surface area (Å²) < 4.78 is 68.4. The molecule has 0 N–H and O–H groups in total. The third-order valence-corrected chi connectivity index (χ3v) is 6.52. The van der Waals surface area contributed by atoms with Crippen molar-refractivity contribution >= 4 is 27.5 Å². The van der Waals surface area contributed by atoms with Crippen molar-refractivity contribution in [2.45, 2.75) is 18.7 Å². The maximum Gasteiger partial charge on any atom is 0.261 e. The van der Waals surface area contributed by atoms with Crippen LogP contribution >= 0.6 is 0 Å². The van der Waals surface area contributed by atoms with E-state index in [9.17, 15) is 31.2 Å². The van der Waals surface area contributed by atoms with E-state index >= 15 is 0 Å². The van der Waals surface area contributed by atoms with Crippen molar-refractivity contribution in [3.05, 3.63) is 53.0 Å². The molecule has 2 aromatic rings. The molecular formula is C19H18F3N3O4S. The van der Waals surface area contributed by atoms with Gasteiger partial charge in [0.05, 0.1) is 16.9 Å². The number of pyridine rings is 1. The summed E-state index contributed by atoms with van der Waals surface area (Å²) in [6.45, 7) is 2.95. The maximum atomic E-state index is 14.9. The Morgan fingerprint density at radius 3 is 2.00 bits per heavy atom. The number of nitrogens with zero attached hydrogens (tertiary/aromatic N) is 3. The number of imide groups is 1. The van der Waals surface area contributed by atoms with E-state index in [0.29, 0.717) is 4.90 Å². The molecule has 0 radical (unpaired) electrons. The van der Waals surface area contributed by atoms with Gasteiger partial charge in [-0.15, -0.1) is 0 Å². The smallest absolute Gasteiger partial charge is 0.261 e. The minimum Gasteiger partial charge on any atom is -0.355 e. The number of benzene rings is 1. The average molecular weight is 441 g/mol. The van der Waals surface area contributed by atoms with Gasteiger partial charge >= 0.3 is 0 Å². The van der Waals surface area contributed by atoms with Crippen molar-refractivity contribution in [3.8, 4) is 0 Å². The highest BCUT2D eigenvalue weighted by Crippen LogP contribution is 2.29. The molecule has 11 heteroatoms.